The van der Waals surface area contributed by atoms with Gasteiger partial charge >= 0.3 is 0 Å². The number of nitrogens with zero attached hydrogens (tertiary/aromatic N) is 1. The van der Waals surface area contributed by atoms with E-state index in [1.165, 1.54) is 11.1 Å². The van der Waals surface area contributed by atoms with Crippen LogP contribution in [0.1, 0.15) is 11.1 Å². The number of H-pyrrole nitrogens is 1. The number of fused-ring (bicyclic) bond motifs is 1. The molecule has 0 unspecified atom stereocenters. The molecule has 96 valence electrons. The van der Waals surface area contributed by atoms with Gasteiger partial charge in [-0.15, -0.1) is 0 Å². The Labute approximate surface area is 121 Å². The van der Waals surface area contributed by atoms with Crippen LogP contribution in [0.15, 0.2) is 42.5 Å². The Bertz CT molecular complexity index is 801. The van der Waals surface area contributed by atoms with E-state index in [1.54, 1.807) is 0 Å². The molecule has 1 N–H and O–H groups in total. The molecule has 4 heteroatoms. The monoisotopic (exact) mass is 288 g/mol. The highest BCUT2D eigenvalue weighted by atomic mass is 35.5. The zero-order valence-electron chi connectivity index (χ0n) is 10.5. The van der Waals surface area contributed by atoms with Crippen LogP contribution in [-0.4, -0.2) is 9.55 Å². The molecule has 1 aromatic heterocycles. The summed E-state index contributed by atoms with van der Waals surface area (Å²) in [7, 11) is 0. The van der Waals surface area contributed by atoms with Gasteiger partial charge in [-0.25, -0.2) is 0 Å². The van der Waals surface area contributed by atoms with Crippen molar-refractivity contribution in [3.63, 3.8) is 0 Å². The summed E-state index contributed by atoms with van der Waals surface area (Å²) >= 11 is 11.5. The van der Waals surface area contributed by atoms with E-state index in [9.17, 15) is 0 Å². The molecule has 0 atom stereocenters. The summed E-state index contributed by atoms with van der Waals surface area (Å²) in [6.45, 7) is 2.84. The van der Waals surface area contributed by atoms with Crippen molar-refractivity contribution >= 4 is 34.9 Å². The number of aromatic nitrogens is 2. The Morgan fingerprint density at radius 1 is 1.21 bits per heavy atom. The summed E-state index contributed by atoms with van der Waals surface area (Å²) in [6.07, 6.45) is 0. The summed E-state index contributed by atoms with van der Waals surface area (Å²) in [5, 5.41) is 0.722. The lowest BCUT2D eigenvalue weighted by Gasteiger charge is -2.06. The molecular weight excluding hydrogens is 276 g/mol. The van der Waals surface area contributed by atoms with E-state index in [-0.39, 0.29) is 0 Å². The maximum Gasteiger partial charge on any atom is 0.178 e. The van der Waals surface area contributed by atoms with Crippen LogP contribution in [0.4, 0.5) is 0 Å². The summed E-state index contributed by atoms with van der Waals surface area (Å²) in [5.74, 6) is 0. The second-order valence-corrected chi connectivity index (χ2v) is 5.49. The highest BCUT2D eigenvalue weighted by molar-refractivity contribution is 7.71. The summed E-state index contributed by atoms with van der Waals surface area (Å²) in [4.78, 5) is 3.21. The van der Waals surface area contributed by atoms with Gasteiger partial charge in [-0.1, -0.05) is 41.4 Å². The standard InChI is InChI=1S/C15H13ClN2S/c1-10-3-2-4-11(7-10)9-18-14-8-12(16)5-6-13(14)17-15(18)19/h2-8H,9H2,1H3,(H,17,19). The average Bonchev–Trinajstić information content (AvgIpc) is 2.66. The Morgan fingerprint density at radius 3 is 2.84 bits per heavy atom. The van der Waals surface area contributed by atoms with Crippen LogP contribution in [0.5, 0.6) is 0 Å². The maximum atomic E-state index is 6.07. The molecule has 2 nitrogen and oxygen atoms in total. The first-order chi connectivity index (χ1) is 9.13. The molecule has 19 heavy (non-hydrogen) atoms. The van der Waals surface area contributed by atoms with Crippen molar-refractivity contribution in [2.24, 2.45) is 0 Å². The summed E-state index contributed by atoms with van der Waals surface area (Å²) in [6, 6.07) is 14.2. The molecule has 0 radical (unpaired) electrons. The van der Waals surface area contributed by atoms with Crippen LogP contribution in [0.2, 0.25) is 5.02 Å². The summed E-state index contributed by atoms with van der Waals surface area (Å²) < 4.78 is 2.80. The lowest BCUT2D eigenvalue weighted by molar-refractivity contribution is 0.809. The fourth-order valence-corrected chi connectivity index (χ4v) is 2.72. The van der Waals surface area contributed by atoms with Crippen molar-refractivity contribution in [3.05, 3.63) is 63.4 Å². The van der Waals surface area contributed by atoms with Crippen LogP contribution in [0, 0.1) is 11.7 Å². The average molecular weight is 289 g/mol. The molecule has 2 aromatic carbocycles. The van der Waals surface area contributed by atoms with Crippen LogP contribution < -0.4 is 0 Å². The van der Waals surface area contributed by atoms with Crippen molar-refractivity contribution in [1.29, 1.82) is 0 Å². The summed E-state index contributed by atoms with van der Waals surface area (Å²) in [5.41, 5.74) is 4.54. The number of halogens is 1. The van der Waals surface area contributed by atoms with Crippen molar-refractivity contribution in [3.8, 4) is 0 Å². The molecule has 3 rings (SSSR count). The highest BCUT2D eigenvalue weighted by Crippen LogP contribution is 2.20. The first-order valence-electron chi connectivity index (χ1n) is 6.07. The zero-order chi connectivity index (χ0) is 13.4. The number of aryl methyl sites for hydroxylation is 1. The van der Waals surface area contributed by atoms with E-state index in [0.29, 0.717) is 0 Å². The van der Waals surface area contributed by atoms with Crippen molar-refractivity contribution < 1.29 is 0 Å². The maximum absolute atomic E-state index is 6.07. The molecule has 0 saturated heterocycles. The van der Waals surface area contributed by atoms with Gasteiger partial charge in [0.05, 0.1) is 17.6 Å². The smallest absolute Gasteiger partial charge is 0.178 e. The highest BCUT2D eigenvalue weighted by Gasteiger charge is 2.05. The van der Waals surface area contributed by atoms with Crippen molar-refractivity contribution in [2.75, 3.05) is 0 Å². The van der Waals surface area contributed by atoms with Crippen LogP contribution in [0.25, 0.3) is 11.0 Å². The first kappa shape index (κ1) is 12.5. The molecule has 3 aromatic rings. The predicted octanol–water partition coefficient (Wildman–Crippen LogP) is 4.71. The number of rotatable bonds is 2. The number of benzene rings is 2. The Balaban J connectivity index is 2.12. The second kappa shape index (κ2) is 4.83. The Morgan fingerprint density at radius 2 is 2.05 bits per heavy atom. The van der Waals surface area contributed by atoms with Gasteiger partial charge < -0.3 is 9.55 Å². The number of hydrogen-bond donors (Lipinski definition) is 1. The van der Waals surface area contributed by atoms with E-state index >= 15 is 0 Å². The van der Waals surface area contributed by atoms with Gasteiger partial charge in [0.15, 0.2) is 4.77 Å². The molecule has 0 bridgehead atoms. The van der Waals surface area contributed by atoms with Gasteiger partial charge in [0, 0.05) is 5.02 Å². The molecular formula is C15H13ClN2S. The second-order valence-electron chi connectivity index (χ2n) is 4.67. The minimum atomic E-state index is 0.721. The number of hydrogen-bond acceptors (Lipinski definition) is 1. The van der Waals surface area contributed by atoms with Crippen molar-refractivity contribution in [1.82, 2.24) is 9.55 Å². The van der Waals surface area contributed by atoms with Gasteiger partial charge in [0.25, 0.3) is 0 Å². The van der Waals surface area contributed by atoms with E-state index in [1.807, 2.05) is 18.2 Å². The molecule has 0 aliphatic heterocycles. The Hall–Kier alpha value is -1.58. The largest absolute Gasteiger partial charge is 0.331 e. The number of nitrogens with one attached hydrogen (secondary N) is 1. The lowest BCUT2D eigenvalue weighted by Crippen LogP contribution is -1.99. The molecule has 0 spiro atoms. The predicted molar refractivity (Wildman–Crippen MR) is 82.4 cm³/mol. The van der Waals surface area contributed by atoms with Crippen LogP contribution in [-0.2, 0) is 6.54 Å². The minimum Gasteiger partial charge on any atom is -0.331 e. The van der Waals surface area contributed by atoms with E-state index in [0.717, 1.165) is 27.4 Å². The van der Waals surface area contributed by atoms with Gasteiger partial charge in [-0.3, -0.25) is 0 Å². The fraction of sp³-hybridized carbons (Fsp3) is 0.133. The third-order valence-electron chi connectivity index (χ3n) is 3.16. The quantitative estimate of drug-likeness (QED) is 0.677. The molecule has 0 aliphatic rings. The van der Waals surface area contributed by atoms with E-state index < -0.39 is 0 Å². The van der Waals surface area contributed by atoms with Gasteiger partial charge in [0.2, 0.25) is 0 Å². The van der Waals surface area contributed by atoms with Gasteiger partial charge in [0.1, 0.15) is 0 Å². The van der Waals surface area contributed by atoms with Crippen LogP contribution in [0.3, 0.4) is 0 Å². The third-order valence-corrected chi connectivity index (χ3v) is 3.72. The van der Waals surface area contributed by atoms with E-state index in [2.05, 4.69) is 40.7 Å². The van der Waals surface area contributed by atoms with Crippen LogP contribution >= 0.6 is 23.8 Å². The molecule has 0 aliphatic carbocycles. The van der Waals surface area contributed by atoms with Gasteiger partial charge in [-0.2, -0.15) is 0 Å². The first-order valence-corrected chi connectivity index (χ1v) is 6.86. The normalized spacial score (nSPS) is 11.1. The molecule has 0 amide bonds. The van der Waals surface area contributed by atoms with E-state index in [4.69, 9.17) is 23.8 Å². The van der Waals surface area contributed by atoms with Crippen molar-refractivity contribution in [2.45, 2.75) is 13.5 Å². The molecule has 0 fully saturated rings. The molecule has 1 heterocycles. The lowest BCUT2D eigenvalue weighted by atomic mass is 10.1. The topological polar surface area (TPSA) is 20.7 Å². The fourth-order valence-electron chi connectivity index (χ4n) is 2.28. The van der Waals surface area contributed by atoms with Gasteiger partial charge in [-0.05, 0) is 42.9 Å². The Kier molecular flexibility index (Phi) is 3.17. The SMILES string of the molecule is Cc1cccc(Cn2c(=S)[nH]c3ccc(Cl)cc32)c1. The number of aromatic amines is 1. The minimum absolute atomic E-state index is 0.721. The number of imidazole rings is 1. The molecule has 0 saturated carbocycles. The third kappa shape index (κ3) is 2.44. The zero-order valence-corrected chi connectivity index (χ0v) is 12.1.